The molecule has 1 heterocycles. The molecular formula is C25H29N5O4. The Morgan fingerprint density at radius 2 is 1.50 bits per heavy atom. The highest BCUT2D eigenvalue weighted by molar-refractivity contribution is 6.05. The second-order valence-electron chi connectivity index (χ2n) is 8.69. The number of aromatic nitrogens is 2. The van der Waals surface area contributed by atoms with E-state index < -0.39 is 17.9 Å². The molecule has 1 aromatic heterocycles. The molecule has 0 aliphatic carbocycles. The standard InChI is InChI=1S/C25H29N5O4/c1-15(2)14-20(31)26-21(17-10-6-5-7-11-17)23(32)27-28-24(33)22-18-12-8-9-13-19(18)25(34)30(29-22)16(3)4/h5-13,15-16,21H,14H2,1-4H3,(H,26,31)(H,27,32)(H,28,33). The van der Waals surface area contributed by atoms with Gasteiger partial charge in [0.15, 0.2) is 5.69 Å². The van der Waals surface area contributed by atoms with E-state index in [0.29, 0.717) is 16.3 Å². The van der Waals surface area contributed by atoms with Crippen molar-refractivity contribution >= 4 is 28.5 Å². The molecule has 0 fully saturated rings. The highest BCUT2D eigenvalue weighted by atomic mass is 16.2. The summed E-state index contributed by atoms with van der Waals surface area (Å²) >= 11 is 0. The van der Waals surface area contributed by atoms with E-state index in [9.17, 15) is 19.2 Å². The quantitative estimate of drug-likeness (QED) is 0.465. The van der Waals surface area contributed by atoms with Gasteiger partial charge in [0.1, 0.15) is 6.04 Å². The van der Waals surface area contributed by atoms with E-state index in [1.54, 1.807) is 68.4 Å². The van der Waals surface area contributed by atoms with Crippen LogP contribution in [0.25, 0.3) is 10.8 Å². The van der Waals surface area contributed by atoms with Gasteiger partial charge in [-0.2, -0.15) is 5.10 Å². The molecule has 1 atom stereocenters. The monoisotopic (exact) mass is 463 g/mol. The Hall–Kier alpha value is -4.01. The van der Waals surface area contributed by atoms with E-state index >= 15 is 0 Å². The number of carbonyl (C=O) groups is 3. The number of fused-ring (bicyclic) bond motifs is 1. The van der Waals surface area contributed by atoms with Crippen LogP contribution in [0.5, 0.6) is 0 Å². The molecule has 3 N–H and O–H groups in total. The fourth-order valence-electron chi connectivity index (χ4n) is 3.51. The van der Waals surface area contributed by atoms with Crippen LogP contribution in [-0.2, 0) is 9.59 Å². The second kappa shape index (κ2) is 10.7. The van der Waals surface area contributed by atoms with Gasteiger partial charge in [0.05, 0.1) is 11.4 Å². The summed E-state index contributed by atoms with van der Waals surface area (Å²) in [5, 5.41) is 7.69. The molecule has 9 heteroatoms. The van der Waals surface area contributed by atoms with E-state index in [1.807, 2.05) is 13.8 Å². The maximum Gasteiger partial charge on any atom is 0.290 e. The summed E-state index contributed by atoms with van der Waals surface area (Å²) < 4.78 is 1.23. The molecule has 0 saturated carbocycles. The van der Waals surface area contributed by atoms with E-state index in [2.05, 4.69) is 21.3 Å². The largest absolute Gasteiger partial charge is 0.340 e. The molecule has 0 saturated heterocycles. The Morgan fingerprint density at radius 1 is 0.882 bits per heavy atom. The smallest absolute Gasteiger partial charge is 0.290 e. The first-order valence-corrected chi connectivity index (χ1v) is 11.1. The number of rotatable bonds is 7. The SMILES string of the molecule is CC(C)CC(=O)NC(C(=O)NNC(=O)c1nn(C(C)C)c(=O)c2ccccc12)c1ccccc1. The van der Waals surface area contributed by atoms with Crippen molar-refractivity contribution in [2.45, 2.75) is 46.2 Å². The number of hydrogen-bond donors (Lipinski definition) is 3. The Labute approximate surface area is 197 Å². The molecule has 0 aliphatic rings. The van der Waals surface area contributed by atoms with Gasteiger partial charge >= 0.3 is 0 Å². The third-order valence-electron chi connectivity index (χ3n) is 5.13. The first-order valence-electron chi connectivity index (χ1n) is 11.1. The fraction of sp³-hybridized carbons (Fsp3) is 0.320. The van der Waals surface area contributed by atoms with Crippen LogP contribution in [0.3, 0.4) is 0 Å². The molecule has 3 aromatic rings. The summed E-state index contributed by atoms with van der Waals surface area (Å²) in [4.78, 5) is 51.0. The lowest BCUT2D eigenvalue weighted by atomic mass is 10.0. The van der Waals surface area contributed by atoms with Gasteiger partial charge in [0.2, 0.25) is 5.91 Å². The topological polar surface area (TPSA) is 122 Å². The van der Waals surface area contributed by atoms with E-state index in [4.69, 9.17) is 0 Å². The Morgan fingerprint density at radius 3 is 2.12 bits per heavy atom. The predicted molar refractivity (Wildman–Crippen MR) is 129 cm³/mol. The first kappa shape index (κ1) is 24.6. The van der Waals surface area contributed by atoms with Crippen molar-refractivity contribution in [2.75, 3.05) is 0 Å². The minimum atomic E-state index is -0.998. The van der Waals surface area contributed by atoms with Gasteiger partial charge in [-0.3, -0.25) is 30.0 Å². The second-order valence-corrected chi connectivity index (χ2v) is 8.69. The molecule has 34 heavy (non-hydrogen) atoms. The van der Waals surface area contributed by atoms with Gasteiger partial charge in [-0.1, -0.05) is 62.4 Å². The van der Waals surface area contributed by atoms with Crippen molar-refractivity contribution in [2.24, 2.45) is 5.92 Å². The molecule has 0 spiro atoms. The van der Waals surface area contributed by atoms with Gasteiger partial charge in [-0.15, -0.1) is 0 Å². The predicted octanol–water partition coefficient (Wildman–Crippen LogP) is 2.64. The van der Waals surface area contributed by atoms with Crippen molar-refractivity contribution in [1.82, 2.24) is 25.9 Å². The third-order valence-corrected chi connectivity index (χ3v) is 5.13. The number of hydrazine groups is 1. The molecule has 0 aliphatic heterocycles. The highest BCUT2D eigenvalue weighted by Crippen LogP contribution is 2.16. The van der Waals surface area contributed by atoms with Gasteiger partial charge in [0.25, 0.3) is 17.4 Å². The van der Waals surface area contributed by atoms with Crippen LogP contribution in [0, 0.1) is 5.92 Å². The number of amides is 3. The zero-order valence-electron chi connectivity index (χ0n) is 19.7. The van der Waals surface area contributed by atoms with Gasteiger partial charge in [-0.05, 0) is 31.4 Å². The Balaban J connectivity index is 1.84. The minimum Gasteiger partial charge on any atom is -0.340 e. The molecule has 2 aromatic carbocycles. The first-order chi connectivity index (χ1) is 16.2. The molecule has 178 valence electrons. The van der Waals surface area contributed by atoms with Gasteiger partial charge < -0.3 is 5.32 Å². The number of hydrogen-bond acceptors (Lipinski definition) is 5. The summed E-state index contributed by atoms with van der Waals surface area (Å²) in [6.45, 7) is 7.39. The average molecular weight is 464 g/mol. The molecule has 0 radical (unpaired) electrons. The van der Waals surface area contributed by atoms with Gasteiger partial charge in [0, 0.05) is 11.8 Å². The summed E-state index contributed by atoms with van der Waals surface area (Å²) in [6.07, 6.45) is 0.260. The number of nitrogens with one attached hydrogen (secondary N) is 3. The Bertz CT molecular complexity index is 1250. The van der Waals surface area contributed by atoms with E-state index in [1.165, 1.54) is 4.68 Å². The molecular weight excluding hydrogens is 434 g/mol. The van der Waals surface area contributed by atoms with Crippen molar-refractivity contribution < 1.29 is 14.4 Å². The lowest BCUT2D eigenvalue weighted by Crippen LogP contribution is -2.48. The molecule has 1 unspecified atom stereocenters. The maximum absolute atomic E-state index is 13.0. The molecule has 0 bridgehead atoms. The van der Waals surface area contributed by atoms with Crippen LogP contribution in [0.2, 0.25) is 0 Å². The molecule has 9 nitrogen and oxygen atoms in total. The summed E-state index contributed by atoms with van der Waals surface area (Å²) in [6, 6.07) is 14.2. The van der Waals surface area contributed by atoms with Crippen molar-refractivity contribution in [1.29, 1.82) is 0 Å². The summed E-state index contributed by atoms with van der Waals surface area (Å²) in [5.41, 5.74) is 5.03. The van der Waals surface area contributed by atoms with Gasteiger partial charge in [-0.25, -0.2) is 4.68 Å². The summed E-state index contributed by atoms with van der Waals surface area (Å²) in [5.74, 6) is -1.45. The molecule has 3 amide bonds. The van der Waals surface area contributed by atoms with Crippen LogP contribution in [0.4, 0.5) is 0 Å². The normalized spacial score (nSPS) is 11.9. The lowest BCUT2D eigenvalue weighted by molar-refractivity contribution is -0.130. The van der Waals surface area contributed by atoms with Crippen LogP contribution in [-0.4, -0.2) is 27.5 Å². The zero-order valence-corrected chi connectivity index (χ0v) is 19.7. The van der Waals surface area contributed by atoms with Crippen LogP contribution in [0.1, 0.15) is 62.3 Å². The van der Waals surface area contributed by atoms with Crippen LogP contribution in [0.15, 0.2) is 59.4 Å². The average Bonchev–Trinajstić information content (AvgIpc) is 2.81. The minimum absolute atomic E-state index is 0.00399. The van der Waals surface area contributed by atoms with Crippen LogP contribution < -0.4 is 21.7 Å². The summed E-state index contributed by atoms with van der Waals surface area (Å²) in [7, 11) is 0. The van der Waals surface area contributed by atoms with E-state index in [-0.39, 0.29) is 35.5 Å². The van der Waals surface area contributed by atoms with Crippen molar-refractivity contribution in [3.05, 3.63) is 76.2 Å². The lowest BCUT2D eigenvalue weighted by Gasteiger charge is -2.20. The van der Waals surface area contributed by atoms with E-state index in [0.717, 1.165) is 0 Å². The highest BCUT2D eigenvalue weighted by Gasteiger charge is 2.24. The van der Waals surface area contributed by atoms with Crippen molar-refractivity contribution in [3.8, 4) is 0 Å². The molecule has 3 rings (SSSR count). The third kappa shape index (κ3) is 5.67. The number of carbonyl (C=O) groups excluding carboxylic acids is 3. The zero-order chi connectivity index (χ0) is 24.8. The number of benzene rings is 2. The maximum atomic E-state index is 13.0. The number of nitrogens with zero attached hydrogens (tertiary/aromatic N) is 2. The Kier molecular flexibility index (Phi) is 7.78. The van der Waals surface area contributed by atoms with Crippen molar-refractivity contribution in [3.63, 3.8) is 0 Å². The fourth-order valence-corrected chi connectivity index (χ4v) is 3.51. The van der Waals surface area contributed by atoms with Crippen LogP contribution >= 0.6 is 0 Å².